The largest absolute Gasteiger partial charge is 0.497 e. The highest BCUT2D eigenvalue weighted by Gasteiger charge is 2.43. The fourth-order valence-electron chi connectivity index (χ4n) is 3.88. The van der Waals surface area contributed by atoms with E-state index in [-0.39, 0.29) is 23.9 Å². The number of anilines is 1. The highest BCUT2D eigenvalue weighted by Crippen LogP contribution is 2.34. The van der Waals surface area contributed by atoms with Crippen LogP contribution in [-0.4, -0.2) is 52.0 Å². The van der Waals surface area contributed by atoms with Gasteiger partial charge < -0.3 is 24.8 Å². The fraction of sp³-hybridized carbons (Fsp3) is 0.519. The molecular formula is C27H38F3N3O4. The number of nitrogens with one attached hydrogen (secondary N) is 3. The second kappa shape index (κ2) is 14.0. The van der Waals surface area contributed by atoms with Crippen molar-refractivity contribution in [1.82, 2.24) is 10.6 Å². The number of rotatable bonds is 14. The predicted octanol–water partition coefficient (Wildman–Crippen LogP) is 5.33. The first-order valence-corrected chi connectivity index (χ1v) is 12.2. The van der Waals surface area contributed by atoms with E-state index >= 15 is 0 Å². The first-order valence-electron chi connectivity index (χ1n) is 12.2. The number of hydrogen-bond donors (Lipinski definition) is 3. The van der Waals surface area contributed by atoms with Crippen molar-refractivity contribution in [3.05, 3.63) is 48.0 Å². The van der Waals surface area contributed by atoms with Crippen LogP contribution in [0.1, 0.15) is 45.2 Å². The average Bonchev–Trinajstić information content (AvgIpc) is 2.87. The van der Waals surface area contributed by atoms with Gasteiger partial charge in [0, 0.05) is 18.7 Å². The van der Waals surface area contributed by atoms with Gasteiger partial charge in [0.05, 0.1) is 33.1 Å². The summed E-state index contributed by atoms with van der Waals surface area (Å²) in [5, 5.41) is 8.74. The lowest BCUT2D eigenvalue weighted by atomic mass is 9.99. The lowest BCUT2D eigenvalue weighted by Crippen LogP contribution is -2.52. The second-order valence-corrected chi connectivity index (χ2v) is 9.16. The van der Waals surface area contributed by atoms with E-state index in [0.717, 1.165) is 0 Å². The molecule has 2 aromatic rings. The summed E-state index contributed by atoms with van der Waals surface area (Å²) < 4.78 is 57.8. The zero-order chi connectivity index (χ0) is 27.6. The standard InChI is InChI=1S/C27H38F3N3O4/c1-7-19(16-31-22-13-12-21(36-5)15-24(22)37-6)32-26(34)23(14-17(2)3)33-25(27(28,29)30)18-8-10-20(35-4)11-9-18/h8-13,15,17,19,23,25,31,33H,7,14,16H2,1-6H3,(H,32,34)/t19-,23-,25-/m0/s1. The summed E-state index contributed by atoms with van der Waals surface area (Å²) in [7, 11) is 4.55. The Morgan fingerprint density at radius 3 is 2.08 bits per heavy atom. The third-order valence-electron chi connectivity index (χ3n) is 5.95. The van der Waals surface area contributed by atoms with Crippen LogP contribution in [0.3, 0.4) is 0 Å². The van der Waals surface area contributed by atoms with Gasteiger partial charge in [-0.3, -0.25) is 10.1 Å². The lowest BCUT2D eigenvalue weighted by Gasteiger charge is -2.30. The summed E-state index contributed by atoms with van der Waals surface area (Å²) in [5.41, 5.74) is 0.722. The normalized spacial score (nSPS) is 14.0. The predicted molar refractivity (Wildman–Crippen MR) is 138 cm³/mol. The highest BCUT2D eigenvalue weighted by molar-refractivity contribution is 5.82. The van der Waals surface area contributed by atoms with Crippen LogP contribution in [0.15, 0.2) is 42.5 Å². The third kappa shape index (κ3) is 9.03. The summed E-state index contributed by atoms with van der Waals surface area (Å²) in [6.45, 7) is 6.00. The van der Waals surface area contributed by atoms with Crippen LogP contribution in [0, 0.1) is 5.92 Å². The maximum Gasteiger partial charge on any atom is 0.407 e. The summed E-state index contributed by atoms with van der Waals surface area (Å²) in [5.74, 6) is 1.18. The van der Waals surface area contributed by atoms with Crippen molar-refractivity contribution < 1.29 is 32.2 Å². The number of alkyl halides is 3. The minimum absolute atomic E-state index is 0.00485. The lowest BCUT2D eigenvalue weighted by molar-refractivity contribution is -0.161. The molecule has 0 spiro atoms. The topological polar surface area (TPSA) is 80.8 Å². The molecule has 0 bridgehead atoms. The van der Waals surface area contributed by atoms with Gasteiger partial charge in [-0.15, -0.1) is 0 Å². The van der Waals surface area contributed by atoms with E-state index in [1.54, 1.807) is 32.4 Å². The van der Waals surface area contributed by atoms with E-state index < -0.39 is 24.2 Å². The van der Waals surface area contributed by atoms with Gasteiger partial charge in [0.1, 0.15) is 23.3 Å². The van der Waals surface area contributed by atoms with E-state index in [0.29, 0.717) is 35.9 Å². The number of amides is 1. The first-order chi connectivity index (χ1) is 17.5. The number of carbonyl (C=O) groups is 1. The zero-order valence-corrected chi connectivity index (χ0v) is 22.2. The number of methoxy groups -OCH3 is 3. The van der Waals surface area contributed by atoms with Crippen molar-refractivity contribution in [2.45, 2.75) is 57.9 Å². The molecule has 7 nitrogen and oxygen atoms in total. The van der Waals surface area contributed by atoms with Crippen LogP contribution in [0.5, 0.6) is 17.2 Å². The Morgan fingerprint density at radius 2 is 1.57 bits per heavy atom. The minimum atomic E-state index is -4.60. The molecule has 0 saturated heterocycles. The van der Waals surface area contributed by atoms with Gasteiger partial charge >= 0.3 is 6.18 Å². The van der Waals surface area contributed by atoms with Crippen LogP contribution in [0.4, 0.5) is 18.9 Å². The van der Waals surface area contributed by atoms with Gasteiger partial charge in [-0.1, -0.05) is 32.9 Å². The van der Waals surface area contributed by atoms with Crippen molar-refractivity contribution in [1.29, 1.82) is 0 Å². The highest BCUT2D eigenvalue weighted by atomic mass is 19.4. The number of ether oxygens (including phenoxy) is 3. The first kappa shape index (κ1) is 30.1. The molecule has 3 atom stereocenters. The van der Waals surface area contributed by atoms with E-state index in [2.05, 4.69) is 16.0 Å². The smallest absolute Gasteiger partial charge is 0.407 e. The summed E-state index contributed by atoms with van der Waals surface area (Å²) >= 11 is 0. The van der Waals surface area contributed by atoms with Crippen LogP contribution in [-0.2, 0) is 4.79 Å². The molecule has 2 aromatic carbocycles. The number of hydrogen-bond acceptors (Lipinski definition) is 6. The molecule has 0 aliphatic rings. The van der Waals surface area contributed by atoms with Gasteiger partial charge in [0.15, 0.2) is 0 Å². The molecule has 37 heavy (non-hydrogen) atoms. The SMILES string of the molecule is CC[C@@H](CNc1ccc(OC)cc1OC)NC(=O)[C@H](CC(C)C)N[C@@H](c1ccc(OC)cc1)C(F)(F)F. The second-order valence-electron chi connectivity index (χ2n) is 9.16. The molecule has 0 radical (unpaired) electrons. The Balaban J connectivity index is 2.16. The summed E-state index contributed by atoms with van der Waals surface area (Å²) in [4.78, 5) is 13.2. The molecule has 206 valence electrons. The molecule has 0 heterocycles. The maximum atomic E-state index is 14.1. The van der Waals surface area contributed by atoms with E-state index in [1.165, 1.54) is 31.4 Å². The maximum absolute atomic E-state index is 14.1. The molecule has 0 fully saturated rings. The molecule has 3 N–H and O–H groups in total. The van der Waals surface area contributed by atoms with Crippen LogP contribution in [0.25, 0.3) is 0 Å². The fourth-order valence-corrected chi connectivity index (χ4v) is 3.88. The van der Waals surface area contributed by atoms with Gasteiger partial charge in [0.2, 0.25) is 5.91 Å². The number of benzene rings is 2. The summed E-state index contributed by atoms with van der Waals surface area (Å²) in [6.07, 6.45) is -3.78. The van der Waals surface area contributed by atoms with E-state index in [9.17, 15) is 18.0 Å². The number of carbonyl (C=O) groups excluding carboxylic acids is 1. The Hall–Kier alpha value is -3.14. The van der Waals surface area contributed by atoms with Crippen molar-refractivity contribution in [3.8, 4) is 17.2 Å². The molecule has 1 amide bonds. The monoisotopic (exact) mass is 525 g/mol. The van der Waals surface area contributed by atoms with Crippen molar-refractivity contribution in [2.24, 2.45) is 5.92 Å². The van der Waals surface area contributed by atoms with Gasteiger partial charge in [-0.2, -0.15) is 13.2 Å². The number of halogens is 3. The van der Waals surface area contributed by atoms with Crippen molar-refractivity contribution >= 4 is 11.6 Å². The van der Waals surface area contributed by atoms with Gasteiger partial charge in [0.25, 0.3) is 0 Å². The Labute approximate surface area is 217 Å². The molecular weight excluding hydrogens is 487 g/mol. The van der Waals surface area contributed by atoms with Gasteiger partial charge in [-0.05, 0) is 48.6 Å². The molecule has 10 heteroatoms. The molecule has 0 aromatic heterocycles. The molecule has 0 saturated carbocycles. The zero-order valence-electron chi connectivity index (χ0n) is 22.2. The molecule has 0 unspecified atom stereocenters. The van der Waals surface area contributed by atoms with E-state index in [4.69, 9.17) is 14.2 Å². The van der Waals surface area contributed by atoms with Gasteiger partial charge in [-0.25, -0.2) is 0 Å². The molecule has 2 rings (SSSR count). The average molecular weight is 526 g/mol. The van der Waals surface area contributed by atoms with Crippen LogP contribution >= 0.6 is 0 Å². The van der Waals surface area contributed by atoms with Crippen LogP contribution < -0.4 is 30.2 Å². The molecule has 0 aliphatic carbocycles. The molecule has 0 aliphatic heterocycles. The Morgan fingerprint density at radius 1 is 0.946 bits per heavy atom. The third-order valence-corrected chi connectivity index (χ3v) is 5.95. The Bertz CT molecular complexity index is 984. The van der Waals surface area contributed by atoms with Crippen molar-refractivity contribution in [3.63, 3.8) is 0 Å². The van der Waals surface area contributed by atoms with E-state index in [1.807, 2.05) is 20.8 Å². The minimum Gasteiger partial charge on any atom is -0.497 e. The van der Waals surface area contributed by atoms with Crippen molar-refractivity contribution in [2.75, 3.05) is 33.2 Å². The van der Waals surface area contributed by atoms with Crippen LogP contribution in [0.2, 0.25) is 0 Å². The Kier molecular flexibility index (Phi) is 11.4. The summed E-state index contributed by atoms with van der Waals surface area (Å²) in [6, 6.07) is 7.61. The quantitative estimate of drug-likeness (QED) is 0.310.